The number of halogens is 1. The molecule has 5 nitrogen and oxygen atoms in total. The van der Waals surface area contributed by atoms with Crippen LogP contribution in [-0.4, -0.2) is 15.4 Å². The summed E-state index contributed by atoms with van der Waals surface area (Å²) in [7, 11) is 0. The summed E-state index contributed by atoms with van der Waals surface area (Å²) >= 11 is 7.51. The number of aryl methyl sites for hydroxylation is 1. The van der Waals surface area contributed by atoms with Crippen molar-refractivity contribution in [2.24, 2.45) is 0 Å². The van der Waals surface area contributed by atoms with Gasteiger partial charge in [0.1, 0.15) is 12.0 Å². The maximum absolute atomic E-state index is 6.04. The number of anilines is 1. The Labute approximate surface area is 130 Å². The van der Waals surface area contributed by atoms with Crippen LogP contribution in [0.1, 0.15) is 23.6 Å². The van der Waals surface area contributed by atoms with Crippen molar-refractivity contribution in [3.63, 3.8) is 0 Å². The van der Waals surface area contributed by atoms with Crippen molar-refractivity contribution in [2.45, 2.75) is 18.9 Å². The lowest BCUT2D eigenvalue weighted by Gasteiger charge is -2.12. The van der Waals surface area contributed by atoms with Gasteiger partial charge in [0.25, 0.3) is 0 Å². The van der Waals surface area contributed by atoms with Crippen LogP contribution in [0, 0.1) is 0 Å². The summed E-state index contributed by atoms with van der Waals surface area (Å²) in [5.41, 5.74) is 3.30. The summed E-state index contributed by atoms with van der Waals surface area (Å²) in [5.74, 6) is 0. The molecule has 4 rings (SSSR count). The smallest absolute Gasteiger partial charge is 0.206 e. The number of rotatable bonds is 3. The summed E-state index contributed by atoms with van der Waals surface area (Å²) in [6.45, 7) is 0. The van der Waals surface area contributed by atoms with Gasteiger partial charge in [0, 0.05) is 11.1 Å². The molecule has 1 unspecified atom stereocenters. The van der Waals surface area contributed by atoms with E-state index in [1.807, 2.05) is 12.1 Å². The van der Waals surface area contributed by atoms with E-state index < -0.39 is 0 Å². The molecule has 0 saturated heterocycles. The van der Waals surface area contributed by atoms with Gasteiger partial charge in [-0.2, -0.15) is 0 Å². The molecule has 0 saturated carbocycles. The lowest BCUT2D eigenvalue weighted by atomic mass is 10.1. The highest BCUT2D eigenvalue weighted by molar-refractivity contribution is 7.18. The highest BCUT2D eigenvalue weighted by atomic mass is 35.5. The van der Waals surface area contributed by atoms with Crippen molar-refractivity contribution < 1.29 is 4.52 Å². The van der Waals surface area contributed by atoms with Crippen LogP contribution in [0.5, 0.6) is 0 Å². The predicted octanol–water partition coefficient (Wildman–Crippen LogP) is 3.95. The molecule has 0 aliphatic heterocycles. The fourth-order valence-electron chi connectivity index (χ4n) is 2.59. The Morgan fingerprint density at radius 2 is 2.24 bits per heavy atom. The molecule has 2 aromatic heterocycles. The Morgan fingerprint density at radius 3 is 3.10 bits per heavy atom. The number of nitrogens with zero attached hydrogens (tertiary/aromatic N) is 3. The molecule has 1 N–H and O–H groups in total. The topological polar surface area (TPSA) is 63.8 Å². The van der Waals surface area contributed by atoms with Gasteiger partial charge in [0.2, 0.25) is 5.13 Å². The lowest BCUT2D eigenvalue weighted by molar-refractivity contribution is 0.422. The molecule has 21 heavy (non-hydrogen) atoms. The Morgan fingerprint density at radius 1 is 1.29 bits per heavy atom. The van der Waals surface area contributed by atoms with Gasteiger partial charge < -0.3 is 9.84 Å². The Hall–Kier alpha value is -1.92. The molecule has 1 aliphatic carbocycles. The van der Waals surface area contributed by atoms with Crippen LogP contribution in [0.25, 0.3) is 10.7 Å². The predicted molar refractivity (Wildman–Crippen MR) is 81.5 cm³/mol. The largest absolute Gasteiger partial charge is 0.364 e. The molecule has 3 aromatic rings. The number of nitrogens with one attached hydrogen (secondary N) is 1. The third-order valence-corrected chi connectivity index (χ3v) is 4.67. The molecule has 0 spiro atoms. The monoisotopic (exact) mass is 318 g/mol. The fourth-order valence-corrected chi connectivity index (χ4v) is 3.55. The van der Waals surface area contributed by atoms with E-state index in [4.69, 9.17) is 16.1 Å². The first-order chi connectivity index (χ1) is 10.3. The highest BCUT2D eigenvalue weighted by Crippen LogP contribution is 2.36. The molecule has 2 heterocycles. The van der Waals surface area contributed by atoms with Gasteiger partial charge in [-0.15, -0.1) is 10.2 Å². The second kappa shape index (κ2) is 5.13. The standard InChI is InChI=1S/C14H11ClN4OS/c15-9-2-3-10-8(7-9)1-4-11(10)16-14-18-17-13(21-14)12-5-6-20-19-12/h2-3,5-7,11H,1,4H2,(H,16,18). The summed E-state index contributed by atoms with van der Waals surface area (Å²) < 4.78 is 4.83. The molecule has 0 amide bonds. The molecule has 1 atom stereocenters. The molecular weight excluding hydrogens is 308 g/mol. The van der Waals surface area contributed by atoms with Crippen LogP contribution >= 0.6 is 22.9 Å². The van der Waals surface area contributed by atoms with Gasteiger partial charge in [-0.25, -0.2) is 0 Å². The molecular formula is C14H11ClN4OS. The average molecular weight is 319 g/mol. The Balaban J connectivity index is 1.56. The van der Waals surface area contributed by atoms with Crippen LogP contribution in [0.2, 0.25) is 5.02 Å². The third kappa shape index (κ3) is 2.41. The molecule has 7 heteroatoms. The van der Waals surface area contributed by atoms with E-state index in [2.05, 4.69) is 26.7 Å². The Kier molecular flexibility index (Phi) is 3.12. The fraction of sp³-hybridized carbons (Fsp3) is 0.214. The van der Waals surface area contributed by atoms with Gasteiger partial charge in [-0.05, 0) is 36.1 Å². The van der Waals surface area contributed by atoms with Crippen LogP contribution in [0.3, 0.4) is 0 Å². The molecule has 0 fully saturated rings. The van der Waals surface area contributed by atoms with Crippen LogP contribution < -0.4 is 5.32 Å². The highest BCUT2D eigenvalue weighted by Gasteiger charge is 2.23. The second-order valence-electron chi connectivity index (χ2n) is 4.88. The van der Waals surface area contributed by atoms with Crippen molar-refractivity contribution >= 4 is 28.1 Å². The molecule has 0 bridgehead atoms. The molecule has 106 valence electrons. The van der Waals surface area contributed by atoms with Gasteiger partial charge in [-0.1, -0.05) is 34.2 Å². The van der Waals surface area contributed by atoms with Crippen molar-refractivity contribution in [3.05, 3.63) is 46.7 Å². The number of benzene rings is 1. The van der Waals surface area contributed by atoms with Crippen LogP contribution in [0.15, 0.2) is 35.1 Å². The molecule has 0 radical (unpaired) electrons. The number of fused-ring (bicyclic) bond motifs is 1. The minimum Gasteiger partial charge on any atom is -0.364 e. The summed E-state index contributed by atoms with van der Waals surface area (Å²) in [6, 6.07) is 8.09. The molecule has 1 aromatic carbocycles. The van der Waals surface area contributed by atoms with Gasteiger partial charge in [0.05, 0.1) is 6.04 Å². The summed E-state index contributed by atoms with van der Waals surface area (Å²) in [4.78, 5) is 0. The number of hydrogen-bond donors (Lipinski definition) is 1. The second-order valence-corrected chi connectivity index (χ2v) is 6.29. The number of aromatic nitrogens is 3. The van der Waals surface area contributed by atoms with E-state index in [1.54, 1.807) is 6.07 Å². The van der Waals surface area contributed by atoms with Crippen molar-refractivity contribution in [1.82, 2.24) is 15.4 Å². The minimum absolute atomic E-state index is 0.260. The van der Waals surface area contributed by atoms with E-state index in [9.17, 15) is 0 Å². The van der Waals surface area contributed by atoms with E-state index in [0.717, 1.165) is 28.0 Å². The lowest BCUT2D eigenvalue weighted by Crippen LogP contribution is -2.06. The SMILES string of the molecule is Clc1ccc2c(c1)CCC2Nc1nnc(-c2ccon2)s1. The van der Waals surface area contributed by atoms with Crippen molar-refractivity contribution in [1.29, 1.82) is 0 Å². The van der Waals surface area contributed by atoms with E-state index in [0.29, 0.717) is 5.69 Å². The van der Waals surface area contributed by atoms with Crippen LogP contribution in [-0.2, 0) is 6.42 Å². The third-order valence-electron chi connectivity index (χ3n) is 3.56. The summed E-state index contributed by atoms with van der Waals surface area (Å²) in [5, 5.41) is 18.0. The Bertz CT molecular complexity index is 771. The van der Waals surface area contributed by atoms with E-state index in [1.165, 1.54) is 28.7 Å². The van der Waals surface area contributed by atoms with Gasteiger partial charge in [-0.3, -0.25) is 0 Å². The first-order valence-electron chi connectivity index (χ1n) is 6.59. The van der Waals surface area contributed by atoms with Crippen molar-refractivity contribution in [2.75, 3.05) is 5.32 Å². The normalized spacial score (nSPS) is 16.9. The first kappa shape index (κ1) is 12.8. The zero-order valence-electron chi connectivity index (χ0n) is 10.9. The number of hydrogen-bond acceptors (Lipinski definition) is 6. The van der Waals surface area contributed by atoms with E-state index >= 15 is 0 Å². The molecule has 1 aliphatic rings. The quantitative estimate of drug-likeness (QED) is 0.792. The zero-order valence-corrected chi connectivity index (χ0v) is 12.5. The maximum Gasteiger partial charge on any atom is 0.206 e. The van der Waals surface area contributed by atoms with Crippen LogP contribution in [0.4, 0.5) is 5.13 Å². The maximum atomic E-state index is 6.04. The average Bonchev–Trinajstić information content (AvgIpc) is 3.19. The van der Waals surface area contributed by atoms with Gasteiger partial charge >= 0.3 is 0 Å². The van der Waals surface area contributed by atoms with E-state index in [-0.39, 0.29) is 6.04 Å². The van der Waals surface area contributed by atoms with Crippen molar-refractivity contribution in [3.8, 4) is 10.7 Å². The minimum atomic E-state index is 0.260. The summed E-state index contributed by atoms with van der Waals surface area (Å²) in [6.07, 6.45) is 3.60. The zero-order chi connectivity index (χ0) is 14.2. The van der Waals surface area contributed by atoms with Gasteiger partial charge in [0.15, 0.2) is 5.01 Å². The first-order valence-corrected chi connectivity index (χ1v) is 7.78.